The summed E-state index contributed by atoms with van der Waals surface area (Å²) >= 11 is 1.37. The van der Waals surface area contributed by atoms with Gasteiger partial charge in [0.25, 0.3) is 0 Å². The van der Waals surface area contributed by atoms with E-state index >= 15 is 0 Å². The average molecular weight is 419 g/mol. The number of ether oxygens (including phenoxy) is 1. The van der Waals surface area contributed by atoms with E-state index in [9.17, 15) is 4.79 Å². The molecule has 0 saturated carbocycles. The van der Waals surface area contributed by atoms with Gasteiger partial charge in [-0.3, -0.25) is 4.79 Å². The molecular weight excluding hydrogens is 396 g/mol. The lowest BCUT2D eigenvalue weighted by Crippen LogP contribution is -2.23. The first-order valence-electron chi connectivity index (χ1n) is 9.56. The Balaban J connectivity index is 1.52. The minimum absolute atomic E-state index is 0.0850. The van der Waals surface area contributed by atoms with Gasteiger partial charge in [-0.25, -0.2) is 0 Å². The van der Waals surface area contributed by atoms with Crippen molar-refractivity contribution in [3.63, 3.8) is 0 Å². The molecule has 7 heteroatoms. The fourth-order valence-electron chi connectivity index (χ4n) is 3.26. The van der Waals surface area contributed by atoms with E-state index in [0.717, 1.165) is 27.8 Å². The van der Waals surface area contributed by atoms with Crippen molar-refractivity contribution >= 4 is 34.1 Å². The van der Waals surface area contributed by atoms with Crippen molar-refractivity contribution in [3.8, 4) is 17.1 Å². The molecule has 0 spiro atoms. The molecule has 0 fully saturated rings. The van der Waals surface area contributed by atoms with E-state index in [1.807, 2.05) is 85.3 Å². The molecule has 1 unspecified atom stereocenters. The molecule has 3 aromatic carbocycles. The number of hydrogen-bond acceptors (Lipinski definition) is 5. The molecule has 152 valence electrons. The number of anilines is 1. The number of thioether (sulfide) groups is 1. The minimum atomic E-state index is -0.350. The summed E-state index contributed by atoms with van der Waals surface area (Å²) in [5.74, 6) is 1.33. The first kappa shape index (κ1) is 20.0. The van der Waals surface area contributed by atoms with Crippen LogP contribution >= 0.6 is 11.8 Å². The summed E-state index contributed by atoms with van der Waals surface area (Å²) in [5.41, 5.74) is 1.66. The summed E-state index contributed by atoms with van der Waals surface area (Å²) in [4.78, 5) is 12.8. The van der Waals surface area contributed by atoms with Crippen molar-refractivity contribution in [2.75, 3.05) is 12.4 Å². The van der Waals surface area contributed by atoms with Crippen LogP contribution in [0.2, 0.25) is 0 Å². The summed E-state index contributed by atoms with van der Waals surface area (Å²) in [6.45, 7) is 1.86. The predicted molar refractivity (Wildman–Crippen MR) is 121 cm³/mol. The SMILES string of the molecule is COc1ccccc1-c1nnc(SC(C)C(=O)Nc2cccc3ccccc23)n1C. The molecule has 30 heavy (non-hydrogen) atoms. The second-order valence-corrected chi connectivity index (χ2v) is 8.15. The maximum Gasteiger partial charge on any atom is 0.237 e. The smallest absolute Gasteiger partial charge is 0.237 e. The Morgan fingerprint density at radius 2 is 1.77 bits per heavy atom. The van der Waals surface area contributed by atoms with Crippen molar-refractivity contribution in [1.29, 1.82) is 0 Å². The molecule has 1 aromatic heterocycles. The fourth-order valence-corrected chi connectivity index (χ4v) is 4.08. The molecule has 4 aromatic rings. The van der Waals surface area contributed by atoms with Crippen molar-refractivity contribution in [3.05, 3.63) is 66.7 Å². The highest BCUT2D eigenvalue weighted by molar-refractivity contribution is 8.00. The number of hydrogen-bond donors (Lipinski definition) is 1. The van der Waals surface area contributed by atoms with Crippen LogP contribution in [0.15, 0.2) is 71.9 Å². The Bertz CT molecular complexity index is 1200. The fraction of sp³-hybridized carbons (Fsp3) is 0.174. The lowest BCUT2D eigenvalue weighted by atomic mass is 10.1. The van der Waals surface area contributed by atoms with Gasteiger partial charge in [-0.15, -0.1) is 10.2 Å². The van der Waals surface area contributed by atoms with Crippen LogP contribution in [0.5, 0.6) is 5.75 Å². The van der Waals surface area contributed by atoms with Crippen LogP contribution in [0.25, 0.3) is 22.2 Å². The van der Waals surface area contributed by atoms with E-state index in [-0.39, 0.29) is 11.2 Å². The standard InChI is InChI=1S/C23H22N4O2S/c1-15(22(28)24-19-13-8-10-16-9-4-5-11-17(16)19)30-23-26-25-21(27(23)2)18-12-6-7-14-20(18)29-3/h4-15H,1-3H3,(H,24,28). The zero-order valence-electron chi connectivity index (χ0n) is 17.0. The van der Waals surface area contributed by atoms with E-state index in [0.29, 0.717) is 11.0 Å². The van der Waals surface area contributed by atoms with Crippen molar-refractivity contribution in [1.82, 2.24) is 14.8 Å². The molecule has 1 N–H and O–H groups in total. The van der Waals surface area contributed by atoms with Crippen LogP contribution in [0, 0.1) is 0 Å². The number of amides is 1. The highest BCUT2D eigenvalue weighted by Gasteiger charge is 2.21. The van der Waals surface area contributed by atoms with Gasteiger partial charge in [0.2, 0.25) is 5.91 Å². The molecule has 0 bridgehead atoms. The summed E-state index contributed by atoms with van der Waals surface area (Å²) < 4.78 is 7.31. The normalized spacial score (nSPS) is 12.0. The Hall–Kier alpha value is -3.32. The number of nitrogens with one attached hydrogen (secondary N) is 1. The number of nitrogens with zero attached hydrogens (tertiary/aromatic N) is 3. The molecule has 1 atom stereocenters. The zero-order chi connectivity index (χ0) is 21.1. The Morgan fingerprint density at radius 3 is 2.60 bits per heavy atom. The monoisotopic (exact) mass is 418 g/mol. The molecule has 0 saturated heterocycles. The zero-order valence-corrected chi connectivity index (χ0v) is 17.8. The summed E-state index contributed by atoms with van der Waals surface area (Å²) in [6.07, 6.45) is 0. The molecule has 6 nitrogen and oxygen atoms in total. The third-order valence-electron chi connectivity index (χ3n) is 4.88. The summed E-state index contributed by atoms with van der Waals surface area (Å²) in [5, 5.41) is 14.1. The highest BCUT2D eigenvalue weighted by Crippen LogP contribution is 2.31. The van der Waals surface area contributed by atoms with E-state index in [2.05, 4.69) is 15.5 Å². The number of carbonyl (C=O) groups excluding carboxylic acids is 1. The maximum atomic E-state index is 12.8. The Kier molecular flexibility index (Phi) is 5.72. The van der Waals surface area contributed by atoms with Gasteiger partial charge in [0, 0.05) is 18.1 Å². The third kappa shape index (κ3) is 3.89. The number of fused-ring (bicyclic) bond motifs is 1. The van der Waals surface area contributed by atoms with Gasteiger partial charge in [0.1, 0.15) is 5.75 Å². The van der Waals surface area contributed by atoms with E-state index in [1.54, 1.807) is 7.11 Å². The number of benzene rings is 3. The summed E-state index contributed by atoms with van der Waals surface area (Å²) in [7, 11) is 3.52. The Labute approximate surface area is 179 Å². The molecular formula is C23H22N4O2S. The average Bonchev–Trinajstić information content (AvgIpc) is 3.13. The maximum absolute atomic E-state index is 12.8. The lowest BCUT2D eigenvalue weighted by molar-refractivity contribution is -0.115. The van der Waals surface area contributed by atoms with E-state index in [4.69, 9.17) is 4.74 Å². The minimum Gasteiger partial charge on any atom is -0.496 e. The van der Waals surface area contributed by atoms with Gasteiger partial charge in [0.15, 0.2) is 11.0 Å². The molecule has 1 heterocycles. The molecule has 0 aliphatic carbocycles. The van der Waals surface area contributed by atoms with Crippen LogP contribution in [-0.2, 0) is 11.8 Å². The Morgan fingerprint density at radius 1 is 1.03 bits per heavy atom. The van der Waals surface area contributed by atoms with Crippen LogP contribution in [0.4, 0.5) is 5.69 Å². The number of carbonyl (C=O) groups is 1. The number of aromatic nitrogens is 3. The molecule has 4 rings (SSSR count). The van der Waals surface area contributed by atoms with Gasteiger partial charge in [-0.2, -0.15) is 0 Å². The predicted octanol–water partition coefficient (Wildman–Crippen LogP) is 4.76. The topological polar surface area (TPSA) is 69.0 Å². The second kappa shape index (κ2) is 8.59. The van der Waals surface area contributed by atoms with Gasteiger partial charge in [0.05, 0.1) is 17.9 Å². The van der Waals surface area contributed by atoms with E-state index in [1.165, 1.54) is 11.8 Å². The number of rotatable bonds is 6. The van der Waals surface area contributed by atoms with Crippen LogP contribution in [-0.4, -0.2) is 33.0 Å². The van der Waals surface area contributed by atoms with Crippen LogP contribution in [0.1, 0.15) is 6.92 Å². The van der Waals surface area contributed by atoms with Crippen LogP contribution in [0.3, 0.4) is 0 Å². The number of para-hydroxylation sites is 1. The van der Waals surface area contributed by atoms with E-state index < -0.39 is 0 Å². The number of methoxy groups -OCH3 is 1. The van der Waals surface area contributed by atoms with Crippen molar-refractivity contribution in [2.45, 2.75) is 17.3 Å². The molecule has 1 amide bonds. The van der Waals surface area contributed by atoms with Gasteiger partial charge >= 0.3 is 0 Å². The van der Waals surface area contributed by atoms with Gasteiger partial charge in [-0.05, 0) is 30.5 Å². The van der Waals surface area contributed by atoms with Gasteiger partial charge in [-0.1, -0.05) is 60.3 Å². The first-order valence-corrected chi connectivity index (χ1v) is 10.4. The highest BCUT2D eigenvalue weighted by atomic mass is 32.2. The third-order valence-corrected chi connectivity index (χ3v) is 6.02. The summed E-state index contributed by atoms with van der Waals surface area (Å²) in [6, 6.07) is 21.5. The largest absolute Gasteiger partial charge is 0.496 e. The quantitative estimate of drug-likeness (QED) is 0.457. The first-order chi connectivity index (χ1) is 14.6. The second-order valence-electron chi connectivity index (χ2n) is 6.84. The molecule has 0 aliphatic rings. The lowest BCUT2D eigenvalue weighted by Gasteiger charge is -2.13. The van der Waals surface area contributed by atoms with Crippen LogP contribution < -0.4 is 10.1 Å². The molecule has 0 radical (unpaired) electrons. The van der Waals surface area contributed by atoms with Crippen molar-refractivity contribution in [2.24, 2.45) is 7.05 Å². The van der Waals surface area contributed by atoms with Gasteiger partial charge < -0.3 is 14.6 Å². The van der Waals surface area contributed by atoms with Crippen molar-refractivity contribution < 1.29 is 9.53 Å². The molecule has 0 aliphatic heterocycles.